The number of hydrogen-bond acceptors (Lipinski definition) is 3. The first-order valence-electron chi connectivity index (χ1n) is 8.02. The third-order valence-corrected chi connectivity index (χ3v) is 5.18. The van der Waals surface area contributed by atoms with Crippen molar-refractivity contribution < 1.29 is 9.59 Å². The molecule has 0 aliphatic carbocycles. The molecule has 2 atom stereocenters. The largest absolute Gasteiger partial charge is 0.341 e. The first-order chi connectivity index (χ1) is 10.6. The fraction of sp³-hybridized carbons (Fsp3) is 0.625. The van der Waals surface area contributed by atoms with E-state index in [1.54, 1.807) is 11.3 Å². The zero-order valence-electron chi connectivity index (χ0n) is 13.0. The molecular formula is C16H23N3O2S. The Morgan fingerprint density at radius 3 is 3.00 bits per heavy atom. The Balaban J connectivity index is 1.55. The van der Waals surface area contributed by atoms with Crippen LogP contribution in [0.1, 0.15) is 44.2 Å². The van der Waals surface area contributed by atoms with E-state index in [1.165, 1.54) is 5.56 Å². The van der Waals surface area contributed by atoms with Gasteiger partial charge in [-0.2, -0.15) is 11.3 Å². The number of nitrogens with zero attached hydrogens (tertiary/aromatic N) is 2. The van der Waals surface area contributed by atoms with Crippen molar-refractivity contribution in [3.05, 3.63) is 22.4 Å². The Hall–Kier alpha value is -1.56. The van der Waals surface area contributed by atoms with Crippen molar-refractivity contribution in [2.75, 3.05) is 19.6 Å². The molecule has 120 valence electrons. The van der Waals surface area contributed by atoms with Gasteiger partial charge >= 0.3 is 6.03 Å². The van der Waals surface area contributed by atoms with Gasteiger partial charge in [0, 0.05) is 32.1 Å². The smallest absolute Gasteiger partial charge is 0.318 e. The van der Waals surface area contributed by atoms with E-state index in [0.717, 1.165) is 32.4 Å². The van der Waals surface area contributed by atoms with Gasteiger partial charge in [-0.25, -0.2) is 4.79 Å². The molecular weight excluding hydrogens is 298 g/mol. The Morgan fingerprint density at radius 2 is 2.32 bits per heavy atom. The second-order valence-electron chi connectivity index (χ2n) is 6.20. The lowest BCUT2D eigenvalue weighted by Gasteiger charge is -2.28. The van der Waals surface area contributed by atoms with Gasteiger partial charge in [-0.1, -0.05) is 0 Å². The van der Waals surface area contributed by atoms with Crippen LogP contribution in [0.25, 0.3) is 0 Å². The summed E-state index contributed by atoms with van der Waals surface area (Å²) in [5.74, 6) is 0.207. The molecule has 1 N–H and O–H groups in total. The number of urea groups is 1. The van der Waals surface area contributed by atoms with E-state index in [4.69, 9.17) is 0 Å². The molecule has 2 saturated heterocycles. The normalized spacial score (nSPS) is 23.1. The average molecular weight is 321 g/mol. The van der Waals surface area contributed by atoms with Crippen molar-refractivity contribution in [3.63, 3.8) is 0 Å². The highest BCUT2D eigenvalue weighted by Gasteiger charge is 2.31. The van der Waals surface area contributed by atoms with Crippen LogP contribution in [0.3, 0.4) is 0 Å². The van der Waals surface area contributed by atoms with E-state index in [-0.39, 0.29) is 24.0 Å². The van der Waals surface area contributed by atoms with E-state index < -0.39 is 0 Å². The lowest BCUT2D eigenvalue weighted by atomic mass is 10.1. The van der Waals surface area contributed by atoms with Crippen LogP contribution in [-0.2, 0) is 4.79 Å². The minimum absolute atomic E-state index is 0.00662. The van der Waals surface area contributed by atoms with Crippen molar-refractivity contribution in [2.24, 2.45) is 0 Å². The van der Waals surface area contributed by atoms with Crippen molar-refractivity contribution in [1.82, 2.24) is 15.1 Å². The van der Waals surface area contributed by atoms with Gasteiger partial charge in [0.1, 0.15) is 0 Å². The molecule has 3 rings (SSSR count). The maximum atomic E-state index is 12.5. The van der Waals surface area contributed by atoms with Crippen LogP contribution in [0.5, 0.6) is 0 Å². The summed E-state index contributed by atoms with van der Waals surface area (Å²) in [5.41, 5.74) is 1.24. The fourth-order valence-electron chi connectivity index (χ4n) is 3.39. The quantitative estimate of drug-likeness (QED) is 0.927. The Kier molecular flexibility index (Phi) is 4.66. The van der Waals surface area contributed by atoms with Crippen molar-refractivity contribution in [2.45, 2.75) is 44.7 Å². The van der Waals surface area contributed by atoms with Gasteiger partial charge < -0.3 is 15.1 Å². The Morgan fingerprint density at radius 1 is 1.45 bits per heavy atom. The molecule has 1 aromatic heterocycles. The number of carbonyl (C=O) groups is 2. The number of carbonyl (C=O) groups excluding carboxylic acids is 2. The molecule has 2 aliphatic heterocycles. The minimum Gasteiger partial charge on any atom is -0.341 e. The van der Waals surface area contributed by atoms with Crippen LogP contribution in [0, 0.1) is 0 Å². The van der Waals surface area contributed by atoms with E-state index >= 15 is 0 Å². The number of amides is 3. The van der Waals surface area contributed by atoms with Crippen molar-refractivity contribution >= 4 is 23.3 Å². The first-order valence-corrected chi connectivity index (χ1v) is 8.96. The molecule has 1 aromatic rings. The molecule has 0 radical (unpaired) electrons. The van der Waals surface area contributed by atoms with Crippen LogP contribution >= 0.6 is 11.3 Å². The Bertz CT molecular complexity index is 532. The molecule has 2 fully saturated rings. The second kappa shape index (κ2) is 6.69. The van der Waals surface area contributed by atoms with Gasteiger partial charge in [0.2, 0.25) is 5.91 Å². The van der Waals surface area contributed by atoms with Gasteiger partial charge in [0.25, 0.3) is 0 Å². The minimum atomic E-state index is -0.0155. The summed E-state index contributed by atoms with van der Waals surface area (Å²) in [7, 11) is 0. The van der Waals surface area contributed by atoms with Gasteiger partial charge in [0.15, 0.2) is 0 Å². The Labute approximate surface area is 135 Å². The maximum absolute atomic E-state index is 12.5. The third kappa shape index (κ3) is 3.27. The standard InChI is InChI=1S/C16H23N3O2S/c1-12(10-18-7-3-5-15(18)20)17-16(21)19-8-2-4-14(19)13-6-9-22-11-13/h6,9,11-12,14H,2-5,7-8,10H2,1H3,(H,17,21)/t12-,14-/m1/s1. The molecule has 0 saturated carbocycles. The third-order valence-electron chi connectivity index (χ3n) is 4.48. The molecule has 0 bridgehead atoms. The second-order valence-corrected chi connectivity index (χ2v) is 6.98. The molecule has 22 heavy (non-hydrogen) atoms. The lowest BCUT2D eigenvalue weighted by Crippen LogP contribution is -2.47. The summed E-state index contributed by atoms with van der Waals surface area (Å²) in [5, 5.41) is 7.25. The van der Waals surface area contributed by atoms with Gasteiger partial charge in [-0.15, -0.1) is 0 Å². The fourth-order valence-corrected chi connectivity index (χ4v) is 4.09. The number of thiophene rings is 1. The summed E-state index contributed by atoms with van der Waals surface area (Å²) in [4.78, 5) is 28.0. The summed E-state index contributed by atoms with van der Waals surface area (Å²) >= 11 is 1.67. The van der Waals surface area contributed by atoms with Gasteiger partial charge in [-0.3, -0.25) is 4.79 Å². The number of rotatable bonds is 4. The number of nitrogens with one attached hydrogen (secondary N) is 1. The highest BCUT2D eigenvalue weighted by Crippen LogP contribution is 2.32. The monoisotopic (exact) mass is 321 g/mol. The van der Waals surface area contributed by atoms with Crippen LogP contribution in [0.4, 0.5) is 4.79 Å². The summed E-state index contributed by atoms with van der Waals surface area (Å²) in [6.07, 6.45) is 3.66. The van der Waals surface area contributed by atoms with Gasteiger partial charge in [-0.05, 0) is 48.6 Å². The molecule has 0 aromatic carbocycles. The van der Waals surface area contributed by atoms with Gasteiger partial charge in [0.05, 0.1) is 6.04 Å². The van der Waals surface area contributed by atoms with E-state index in [2.05, 4.69) is 22.1 Å². The summed E-state index contributed by atoms with van der Waals surface area (Å²) in [6.45, 7) is 4.21. The highest BCUT2D eigenvalue weighted by atomic mass is 32.1. The lowest BCUT2D eigenvalue weighted by molar-refractivity contribution is -0.127. The average Bonchev–Trinajstić information content (AvgIpc) is 3.19. The zero-order chi connectivity index (χ0) is 15.5. The molecule has 0 spiro atoms. The SMILES string of the molecule is C[C@H](CN1CCCC1=O)NC(=O)N1CCC[C@@H]1c1ccsc1. The summed E-state index contributed by atoms with van der Waals surface area (Å²) in [6, 6.07) is 2.28. The molecule has 3 heterocycles. The van der Waals surface area contributed by atoms with Crippen molar-refractivity contribution in [3.8, 4) is 0 Å². The molecule has 5 nitrogen and oxygen atoms in total. The topological polar surface area (TPSA) is 52.7 Å². The first kappa shape index (κ1) is 15.3. The van der Waals surface area contributed by atoms with Crippen LogP contribution in [-0.4, -0.2) is 47.4 Å². The number of hydrogen-bond donors (Lipinski definition) is 1. The van der Waals surface area contributed by atoms with E-state index in [1.807, 2.05) is 16.7 Å². The molecule has 6 heteroatoms. The molecule has 0 unspecified atom stereocenters. The number of likely N-dealkylation sites (tertiary alicyclic amines) is 2. The zero-order valence-corrected chi connectivity index (χ0v) is 13.8. The molecule has 3 amide bonds. The summed E-state index contributed by atoms with van der Waals surface area (Å²) < 4.78 is 0. The predicted molar refractivity (Wildman–Crippen MR) is 86.8 cm³/mol. The predicted octanol–water partition coefficient (Wildman–Crippen LogP) is 2.61. The van der Waals surface area contributed by atoms with E-state index in [0.29, 0.717) is 13.0 Å². The molecule has 2 aliphatic rings. The van der Waals surface area contributed by atoms with Crippen LogP contribution in [0.15, 0.2) is 16.8 Å². The van der Waals surface area contributed by atoms with Crippen LogP contribution in [0.2, 0.25) is 0 Å². The van der Waals surface area contributed by atoms with E-state index in [9.17, 15) is 9.59 Å². The van der Waals surface area contributed by atoms with Crippen molar-refractivity contribution in [1.29, 1.82) is 0 Å². The highest BCUT2D eigenvalue weighted by molar-refractivity contribution is 7.07. The maximum Gasteiger partial charge on any atom is 0.318 e. The van der Waals surface area contributed by atoms with Crippen LogP contribution < -0.4 is 5.32 Å².